The van der Waals surface area contributed by atoms with E-state index in [1.807, 2.05) is 0 Å². The van der Waals surface area contributed by atoms with Gasteiger partial charge in [0.05, 0.1) is 5.69 Å². The second-order valence-corrected chi connectivity index (χ2v) is 3.73. The minimum atomic E-state index is -1.00. The summed E-state index contributed by atoms with van der Waals surface area (Å²) < 4.78 is 0.817. The zero-order valence-electron chi connectivity index (χ0n) is 7.00. The number of hydrogen-bond donors (Lipinski definition) is 2. The molecule has 2 N–H and O–H groups in total. The van der Waals surface area contributed by atoms with Crippen molar-refractivity contribution in [2.75, 3.05) is 5.32 Å². The van der Waals surface area contributed by atoms with E-state index in [-0.39, 0.29) is 0 Å². The lowest BCUT2D eigenvalue weighted by Crippen LogP contribution is -1.92. The third-order valence-electron chi connectivity index (χ3n) is 1.39. The van der Waals surface area contributed by atoms with Gasteiger partial charge in [-0.05, 0) is 34.1 Å². The van der Waals surface area contributed by atoms with E-state index in [9.17, 15) is 4.79 Å². The highest BCUT2D eigenvalue weighted by Crippen LogP contribution is 2.25. The van der Waals surface area contributed by atoms with E-state index < -0.39 is 5.97 Å². The van der Waals surface area contributed by atoms with Gasteiger partial charge >= 0.3 is 5.97 Å². The molecule has 0 aliphatic heterocycles. The molecule has 0 saturated carbocycles. The number of aliphatic carboxylic acids is 1. The van der Waals surface area contributed by atoms with Crippen LogP contribution in [0.15, 0.2) is 34.9 Å². The van der Waals surface area contributed by atoms with E-state index in [4.69, 9.17) is 16.7 Å². The molecule has 1 aromatic carbocycles. The maximum Gasteiger partial charge on any atom is 0.329 e. The fraction of sp³-hybridized carbons (Fsp3) is 0. The number of halogens is 2. The van der Waals surface area contributed by atoms with Gasteiger partial charge in [-0.25, -0.2) is 4.79 Å². The molecule has 0 heterocycles. The lowest BCUT2D eigenvalue weighted by atomic mass is 10.3. The predicted molar refractivity (Wildman–Crippen MR) is 59.6 cm³/mol. The van der Waals surface area contributed by atoms with Crippen LogP contribution in [0.2, 0.25) is 5.02 Å². The van der Waals surface area contributed by atoms with Crippen LogP contribution >= 0.6 is 27.5 Å². The van der Waals surface area contributed by atoms with Crippen LogP contribution < -0.4 is 5.32 Å². The van der Waals surface area contributed by atoms with Crippen LogP contribution in [0.4, 0.5) is 5.69 Å². The molecule has 74 valence electrons. The highest BCUT2D eigenvalue weighted by molar-refractivity contribution is 9.10. The minimum Gasteiger partial charge on any atom is -0.478 e. The first-order chi connectivity index (χ1) is 6.59. The monoisotopic (exact) mass is 275 g/mol. The van der Waals surface area contributed by atoms with Gasteiger partial charge in [-0.1, -0.05) is 11.6 Å². The molecule has 0 saturated heterocycles. The summed E-state index contributed by atoms with van der Waals surface area (Å²) in [5.41, 5.74) is 0.718. The summed E-state index contributed by atoms with van der Waals surface area (Å²) in [6, 6.07) is 5.20. The van der Waals surface area contributed by atoms with Crippen molar-refractivity contribution >= 4 is 39.2 Å². The van der Waals surface area contributed by atoms with Crippen LogP contribution in [-0.4, -0.2) is 11.1 Å². The molecule has 0 radical (unpaired) electrons. The van der Waals surface area contributed by atoms with Crippen molar-refractivity contribution in [3.63, 3.8) is 0 Å². The number of carbonyl (C=O) groups is 1. The van der Waals surface area contributed by atoms with Crippen molar-refractivity contribution in [2.45, 2.75) is 0 Å². The SMILES string of the molecule is O=C(O)/C=C/Nc1cc(Cl)ccc1Br. The van der Waals surface area contributed by atoms with Gasteiger partial charge in [0, 0.05) is 21.8 Å². The fourth-order valence-electron chi connectivity index (χ4n) is 0.811. The van der Waals surface area contributed by atoms with Crippen LogP contribution in [0.5, 0.6) is 0 Å². The zero-order chi connectivity index (χ0) is 10.6. The van der Waals surface area contributed by atoms with E-state index in [1.165, 1.54) is 6.20 Å². The van der Waals surface area contributed by atoms with Gasteiger partial charge in [-0.2, -0.15) is 0 Å². The Kier molecular flexibility index (Phi) is 3.98. The van der Waals surface area contributed by atoms with Gasteiger partial charge in [0.15, 0.2) is 0 Å². The van der Waals surface area contributed by atoms with Gasteiger partial charge in [0.25, 0.3) is 0 Å². The Bertz CT molecular complexity index is 379. The lowest BCUT2D eigenvalue weighted by molar-refractivity contribution is -0.131. The molecule has 5 heteroatoms. The van der Waals surface area contributed by atoms with E-state index in [2.05, 4.69) is 21.2 Å². The fourth-order valence-corrected chi connectivity index (χ4v) is 1.34. The molecule has 1 aromatic rings. The standard InChI is InChI=1S/C9H7BrClNO2/c10-7-2-1-6(11)5-8(7)12-4-3-9(13)14/h1-5,12H,(H,13,14)/b4-3+. The molecular formula is C9H7BrClNO2. The Labute approximate surface area is 94.5 Å². The molecule has 0 aliphatic carbocycles. The summed E-state index contributed by atoms with van der Waals surface area (Å²) in [7, 11) is 0. The topological polar surface area (TPSA) is 49.3 Å². The van der Waals surface area contributed by atoms with Crippen LogP contribution in [0.3, 0.4) is 0 Å². The molecule has 0 spiro atoms. The van der Waals surface area contributed by atoms with Crippen molar-refractivity contribution in [1.82, 2.24) is 0 Å². The van der Waals surface area contributed by atoms with Gasteiger partial charge in [-0.3, -0.25) is 0 Å². The van der Waals surface area contributed by atoms with Crippen molar-refractivity contribution < 1.29 is 9.90 Å². The molecule has 0 aromatic heterocycles. The van der Waals surface area contributed by atoms with E-state index in [0.717, 1.165) is 16.2 Å². The summed E-state index contributed by atoms with van der Waals surface area (Å²) >= 11 is 9.05. The summed E-state index contributed by atoms with van der Waals surface area (Å²) in [5.74, 6) is -1.00. The number of nitrogens with one attached hydrogen (secondary N) is 1. The van der Waals surface area contributed by atoms with Gasteiger partial charge in [-0.15, -0.1) is 0 Å². The number of rotatable bonds is 3. The van der Waals surface area contributed by atoms with Crippen molar-refractivity contribution in [2.24, 2.45) is 0 Å². The van der Waals surface area contributed by atoms with Crippen molar-refractivity contribution in [3.05, 3.63) is 40.0 Å². The third kappa shape index (κ3) is 3.40. The maximum absolute atomic E-state index is 10.2. The van der Waals surface area contributed by atoms with Gasteiger partial charge in [0.2, 0.25) is 0 Å². The molecule has 3 nitrogen and oxygen atoms in total. The largest absolute Gasteiger partial charge is 0.478 e. The molecule has 0 aliphatic rings. The number of benzene rings is 1. The zero-order valence-corrected chi connectivity index (χ0v) is 9.34. The maximum atomic E-state index is 10.2. The lowest BCUT2D eigenvalue weighted by Gasteiger charge is -2.03. The van der Waals surface area contributed by atoms with E-state index in [0.29, 0.717) is 5.02 Å². The average Bonchev–Trinajstić information content (AvgIpc) is 2.10. The Hall–Kier alpha value is -1.000. The predicted octanol–water partition coefficient (Wildman–Crippen LogP) is 3.11. The quantitative estimate of drug-likeness (QED) is 0.834. The second kappa shape index (κ2) is 5.02. The summed E-state index contributed by atoms with van der Waals surface area (Å²) in [4.78, 5) is 10.2. The molecule has 0 amide bonds. The third-order valence-corrected chi connectivity index (χ3v) is 2.32. The van der Waals surface area contributed by atoms with Gasteiger partial charge < -0.3 is 10.4 Å². The molecule has 0 unspecified atom stereocenters. The summed E-state index contributed by atoms with van der Waals surface area (Å²) in [6.45, 7) is 0. The molecule has 14 heavy (non-hydrogen) atoms. The number of carboxylic acids is 1. The molecule has 1 rings (SSSR count). The van der Waals surface area contributed by atoms with Crippen LogP contribution in [0.1, 0.15) is 0 Å². The number of carboxylic acid groups (broad SMARTS) is 1. The number of hydrogen-bond acceptors (Lipinski definition) is 2. The van der Waals surface area contributed by atoms with Crippen LogP contribution in [-0.2, 0) is 4.79 Å². The molecule has 0 fully saturated rings. The Balaban J connectivity index is 2.76. The summed E-state index contributed by atoms with van der Waals surface area (Å²) in [6.07, 6.45) is 2.34. The Morgan fingerprint density at radius 2 is 2.29 bits per heavy atom. The van der Waals surface area contributed by atoms with E-state index >= 15 is 0 Å². The van der Waals surface area contributed by atoms with Crippen LogP contribution in [0.25, 0.3) is 0 Å². The highest BCUT2D eigenvalue weighted by Gasteiger charge is 1.98. The van der Waals surface area contributed by atoms with E-state index in [1.54, 1.807) is 18.2 Å². The Morgan fingerprint density at radius 1 is 1.57 bits per heavy atom. The molecular weight excluding hydrogens is 269 g/mol. The van der Waals surface area contributed by atoms with Crippen molar-refractivity contribution in [3.8, 4) is 0 Å². The van der Waals surface area contributed by atoms with Crippen molar-refractivity contribution in [1.29, 1.82) is 0 Å². The molecule has 0 atom stereocenters. The Morgan fingerprint density at radius 3 is 2.93 bits per heavy atom. The molecule has 0 bridgehead atoms. The van der Waals surface area contributed by atoms with Gasteiger partial charge in [0.1, 0.15) is 0 Å². The first-order valence-electron chi connectivity index (χ1n) is 3.70. The number of anilines is 1. The first kappa shape index (κ1) is 11.1. The average molecular weight is 277 g/mol. The highest BCUT2D eigenvalue weighted by atomic mass is 79.9. The first-order valence-corrected chi connectivity index (χ1v) is 4.88. The minimum absolute atomic E-state index is 0.583. The normalized spacial score (nSPS) is 10.4. The summed E-state index contributed by atoms with van der Waals surface area (Å²) in [5, 5.41) is 11.7. The smallest absolute Gasteiger partial charge is 0.329 e. The second-order valence-electron chi connectivity index (χ2n) is 2.44. The van der Waals surface area contributed by atoms with Crippen LogP contribution in [0, 0.1) is 0 Å².